The zero-order chi connectivity index (χ0) is 20.8. The molecule has 0 spiro atoms. The number of fused-ring (bicyclic) bond motifs is 2. The fraction of sp³-hybridized carbons (Fsp3) is 0.0870. The lowest BCUT2D eigenvalue weighted by Crippen LogP contribution is -2.38. The van der Waals surface area contributed by atoms with E-state index in [2.05, 4.69) is 15.4 Å². The molecular weight excluding hydrogens is 388 g/mol. The molecule has 2 aliphatic heterocycles. The molecule has 2 aliphatic rings. The van der Waals surface area contributed by atoms with E-state index in [0.29, 0.717) is 5.96 Å². The molecule has 4 aromatic rings. The molecule has 1 atom stereocenters. The summed E-state index contributed by atoms with van der Waals surface area (Å²) in [6, 6.07) is 23.7. The van der Waals surface area contributed by atoms with Gasteiger partial charge in [-0.25, -0.2) is 4.68 Å². The molecule has 0 saturated carbocycles. The summed E-state index contributed by atoms with van der Waals surface area (Å²) in [4.78, 5) is 9.19. The number of anilines is 1. The topological polar surface area (TPSA) is 74.3 Å². The molecule has 0 saturated heterocycles. The number of aromatic nitrogens is 3. The Morgan fingerprint density at radius 1 is 0.774 bits per heavy atom. The number of hydrogen-bond donors (Lipinski definition) is 0. The maximum Gasteiger partial charge on any atom is 0.253 e. The Labute approximate surface area is 178 Å². The summed E-state index contributed by atoms with van der Waals surface area (Å²) in [5, 5.41) is 17.4. The maximum absolute atomic E-state index is 5.00. The molecule has 2 aromatic carbocycles. The largest absolute Gasteiger partial charge is 0.265 e. The number of para-hydroxylation sites is 2. The van der Waals surface area contributed by atoms with E-state index < -0.39 is 0 Å². The first-order valence-electron chi connectivity index (χ1n) is 10.0. The molecule has 0 amide bonds. The Kier molecular flexibility index (Phi) is 3.89. The molecule has 4 heterocycles. The Bertz CT molecular complexity index is 1300. The van der Waals surface area contributed by atoms with Gasteiger partial charge in [-0.2, -0.15) is 20.1 Å². The van der Waals surface area contributed by atoms with Crippen LogP contribution in [0.3, 0.4) is 0 Å². The zero-order valence-electron chi connectivity index (χ0n) is 16.7. The predicted molar refractivity (Wildman–Crippen MR) is 117 cm³/mol. The molecule has 0 aliphatic carbocycles. The Balaban J connectivity index is 1.59. The summed E-state index contributed by atoms with van der Waals surface area (Å²) in [5.74, 6) is 1.42. The van der Waals surface area contributed by atoms with E-state index >= 15 is 0 Å². The first kappa shape index (κ1) is 17.5. The van der Waals surface area contributed by atoms with Crippen LogP contribution in [0.5, 0.6) is 0 Å². The summed E-state index contributed by atoms with van der Waals surface area (Å²) in [5.41, 5.74) is 4.81. The fourth-order valence-corrected chi connectivity index (χ4v) is 4.04. The van der Waals surface area contributed by atoms with Gasteiger partial charge < -0.3 is 0 Å². The van der Waals surface area contributed by atoms with Gasteiger partial charge in [-0.1, -0.05) is 36.4 Å². The molecule has 0 radical (unpaired) electrons. The lowest BCUT2D eigenvalue weighted by atomic mass is 9.98. The van der Waals surface area contributed by atoms with Crippen LogP contribution in [0.2, 0.25) is 0 Å². The lowest BCUT2D eigenvalue weighted by Gasteiger charge is -2.30. The van der Waals surface area contributed by atoms with Crippen molar-refractivity contribution < 1.29 is 0 Å². The smallest absolute Gasteiger partial charge is 0.253 e. The van der Waals surface area contributed by atoms with Crippen molar-refractivity contribution in [1.82, 2.24) is 19.8 Å². The minimum Gasteiger partial charge on any atom is -0.265 e. The third-order valence-electron chi connectivity index (χ3n) is 5.45. The number of aryl methyl sites for hydroxylation is 1. The van der Waals surface area contributed by atoms with Gasteiger partial charge in [0, 0.05) is 18.0 Å². The SMILES string of the molecule is Cc1nn(-c2ccccc2)c2c1[C@H](c1ccncc1)N1N=NN(c3ccccc3)C1=N2. The number of rotatable bonds is 3. The Morgan fingerprint density at radius 2 is 1.45 bits per heavy atom. The highest BCUT2D eigenvalue weighted by Crippen LogP contribution is 2.44. The van der Waals surface area contributed by atoms with Crippen molar-refractivity contribution in [1.29, 1.82) is 0 Å². The number of aliphatic imine (C=N–C) groups is 1. The predicted octanol–water partition coefficient (Wildman–Crippen LogP) is 4.77. The van der Waals surface area contributed by atoms with Gasteiger partial charge in [0.2, 0.25) is 0 Å². The van der Waals surface area contributed by atoms with Crippen LogP contribution in [0.15, 0.2) is 101 Å². The third kappa shape index (κ3) is 2.72. The quantitative estimate of drug-likeness (QED) is 0.491. The van der Waals surface area contributed by atoms with E-state index in [9.17, 15) is 0 Å². The summed E-state index contributed by atoms with van der Waals surface area (Å²) >= 11 is 0. The van der Waals surface area contributed by atoms with E-state index in [1.807, 2.05) is 89.4 Å². The Morgan fingerprint density at radius 3 is 2.16 bits per heavy atom. The van der Waals surface area contributed by atoms with Gasteiger partial charge in [0.15, 0.2) is 5.82 Å². The van der Waals surface area contributed by atoms with Gasteiger partial charge in [0.05, 0.1) is 17.1 Å². The van der Waals surface area contributed by atoms with Crippen LogP contribution in [-0.4, -0.2) is 25.7 Å². The molecule has 0 bridgehead atoms. The van der Waals surface area contributed by atoms with Crippen LogP contribution >= 0.6 is 0 Å². The van der Waals surface area contributed by atoms with Crippen molar-refractivity contribution in [2.45, 2.75) is 13.0 Å². The average molecular weight is 406 g/mol. The number of guanidine groups is 1. The number of benzene rings is 2. The van der Waals surface area contributed by atoms with Gasteiger partial charge in [0.1, 0.15) is 6.04 Å². The van der Waals surface area contributed by atoms with Crippen molar-refractivity contribution in [3.05, 3.63) is 102 Å². The van der Waals surface area contributed by atoms with E-state index in [1.54, 1.807) is 17.4 Å². The van der Waals surface area contributed by atoms with Crippen molar-refractivity contribution in [2.24, 2.45) is 15.4 Å². The number of nitrogens with zero attached hydrogens (tertiary/aromatic N) is 8. The molecule has 8 nitrogen and oxygen atoms in total. The van der Waals surface area contributed by atoms with Gasteiger partial charge in [-0.3, -0.25) is 4.98 Å². The van der Waals surface area contributed by atoms with Crippen molar-refractivity contribution in [2.75, 3.05) is 5.01 Å². The van der Waals surface area contributed by atoms with Crippen LogP contribution in [0.1, 0.15) is 22.9 Å². The normalized spacial score (nSPS) is 16.8. The van der Waals surface area contributed by atoms with Crippen LogP contribution < -0.4 is 5.01 Å². The van der Waals surface area contributed by atoms with Crippen molar-refractivity contribution in [3.8, 4) is 5.69 Å². The van der Waals surface area contributed by atoms with Gasteiger partial charge in [0.25, 0.3) is 5.96 Å². The first-order chi connectivity index (χ1) is 15.3. The number of pyridine rings is 1. The molecule has 2 aromatic heterocycles. The summed E-state index contributed by atoms with van der Waals surface area (Å²) < 4.78 is 1.89. The van der Waals surface area contributed by atoms with E-state index in [-0.39, 0.29) is 6.04 Å². The monoisotopic (exact) mass is 406 g/mol. The fourth-order valence-electron chi connectivity index (χ4n) is 4.04. The number of hydrogen-bond acceptors (Lipinski definition) is 7. The Hall–Kier alpha value is -4.33. The molecule has 0 unspecified atom stereocenters. The molecule has 6 rings (SSSR count). The second-order valence-electron chi connectivity index (χ2n) is 7.34. The molecule has 8 heteroatoms. The van der Waals surface area contributed by atoms with Gasteiger partial charge in [-0.15, -0.1) is 0 Å². The van der Waals surface area contributed by atoms with E-state index in [1.165, 1.54) is 0 Å². The third-order valence-corrected chi connectivity index (χ3v) is 5.45. The summed E-state index contributed by atoms with van der Waals surface area (Å²) in [7, 11) is 0. The van der Waals surface area contributed by atoms with Crippen LogP contribution in [0.4, 0.5) is 11.5 Å². The highest BCUT2D eigenvalue weighted by Gasteiger charge is 2.42. The van der Waals surface area contributed by atoms with Gasteiger partial charge in [-0.05, 0) is 59.3 Å². The summed E-state index contributed by atoms with van der Waals surface area (Å²) in [6.45, 7) is 2.01. The molecule has 0 fully saturated rings. The van der Waals surface area contributed by atoms with Crippen molar-refractivity contribution in [3.63, 3.8) is 0 Å². The van der Waals surface area contributed by atoms with E-state index in [0.717, 1.165) is 34.0 Å². The maximum atomic E-state index is 5.00. The molecule has 0 N–H and O–H groups in total. The zero-order valence-corrected chi connectivity index (χ0v) is 16.7. The second kappa shape index (κ2) is 6.88. The van der Waals surface area contributed by atoms with E-state index in [4.69, 9.17) is 10.1 Å². The van der Waals surface area contributed by atoms with Crippen LogP contribution in [0, 0.1) is 6.92 Å². The van der Waals surface area contributed by atoms with Gasteiger partial charge >= 0.3 is 0 Å². The standard InChI is InChI=1S/C23H18N8/c1-16-20-21(17-12-14-24-15-13-17)31-23(30(27-28-31)19-10-6-3-7-11-19)25-22(20)29(26-16)18-8-4-2-5-9-18/h2-15,21H,1H3/t21-/m0/s1. The molecular formula is C23H18N8. The highest BCUT2D eigenvalue weighted by atomic mass is 15.8. The molecule has 150 valence electrons. The molecule has 31 heavy (non-hydrogen) atoms. The first-order valence-corrected chi connectivity index (χ1v) is 10.0. The minimum atomic E-state index is -0.208. The van der Waals surface area contributed by atoms with Crippen LogP contribution in [-0.2, 0) is 0 Å². The minimum absolute atomic E-state index is 0.208. The highest BCUT2D eigenvalue weighted by molar-refractivity contribution is 5.99. The average Bonchev–Trinajstić information content (AvgIpc) is 3.41. The van der Waals surface area contributed by atoms with Crippen LogP contribution in [0.25, 0.3) is 5.69 Å². The lowest BCUT2D eigenvalue weighted by molar-refractivity contribution is 0.365. The second-order valence-corrected chi connectivity index (χ2v) is 7.34. The summed E-state index contributed by atoms with van der Waals surface area (Å²) in [6.07, 6.45) is 3.58. The van der Waals surface area contributed by atoms with Crippen molar-refractivity contribution >= 4 is 17.5 Å².